The first-order valence-corrected chi connectivity index (χ1v) is 25.3. The fourth-order valence-electron chi connectivity index (χ4n) is 6.79. The molecule has 0 spiro atoms. The molecule has 1 rings (SSSR count). The molecule has 62 heavy (non-hydrogen) atoms. The Hall–Kier alpha value is -2.22. The Bertz CT molecular complexity index is 1300. The second-order valence-electron chi connectivity index (χ2n) is 16.2. The molecule has 1 aliphatic carbocycles. The van der Waals surface area contributed by atoms with E-state index in [9.17, 15) is 39.8 Å². The first-order chi connectivity index (χ1) is 30.0. The average molecular weight is 897 g/mol. The molecule has 0 saturated heterocycles. The first kappa shape index (κ1) is 57.8. The molecule has 0 aromatic carbocycles. The Morgan fingerprint density at radius 2 is 0.952 bits per heavy atom. The number of phosphoric acid groups is 1. The molecule has 358 valence electrons. The van der Waals surface area contributed by atoms with Crippen LogP contribution in [0.3, 0.4) is 0 Å². The van der Waals surface area contributed by atoms with Crippen LogP contribution in [0.25, 0.3) is 0 Å². The van der Waals surface area contributed by atoms with Gasteiger partial charge in [0.05, 0.1) is 13.2 Å². The van der Waals surface area contributed by atoms with E-state index in [1.165, 1.54) is 64.2 Å². The Morgan fingerprint density at radius 3 is 1.45 bits per heavy atom. The number of aliphatic hydroxyl groups is 5. The van der Waals surface area contributed by atoms with Crippen molar-refractivity contribution < 1.29 is 58.3 Å². The van der Waals surface area contributed by atoms with Crippen LogP contribution in [0.4, 0.5) is 0 Å². The van der Waals surface area contributed by atoms with Gasteiger partial charge in [0.2, 0.25) is 0 Å². The number of carbonyl (C=O) groups is 1. The van der Waals surface area contributed by atoms with Crippen molar-refractivity contribution in [1.29, 1.82) is 0 Å². The van der Waals surface area contributed by atoms with Crippen LogP contribution in [0.15, 0.2) is 72.9 Å². The lowest BCUT2D eigenvalue weighted by atomic mass is 9.85. The van der Waals surface area contributed by atoms with Gasteiger partial charge in [-0.2, -0.15) is 0 Å². The Balaban J connectivity index is 2.40. The molecule has 0 bridgehead atoms. The van der Waals surface area contributed by atoms with E-state index >= 15 is 0 Å². The number of carbonyl (C=O) groups excluding carboxylic acids is 1. The fourth-order valence-corrected chi connectivity index (χ4v) is 7.76. The average Bonchev–Trinajstić information content (AvgIpc) is 3.26. The van der Waals surface area contributed by atoms with Gasteiger partial charge in [-0.05, 0) is 83.5 Å². The minimum atomic E-state index is -5.03. The minimum Gasteiger partial charge on any atom is -0.457 e. The summed E-state index contributed by atoms with van der Waals surface area (Å²) >= 11 is 0. The Morgan fingerprint density at radius 1 is 0.532 bits per heavy atom. The highest BCUT2D eigenvalue weighted by atomic mass is 31.2. The number of ether oxygens (including phenoxy) is 2. The summed E-state index contributed by atoms with van der Waals surface area (Å²) < 4.78 is 34.2. The number of esters is 1. The molecule has 1 aliphatic rings. The van der Waals surface area contributed by atoms with Crippen molar-refractivity contribution in [2.45, 2.75) is 211 Å². The van der Waals surface area contributed by atoms with Crippen molar-refractivity contribution in [3.8, 4) is 0 Å². The maximum absolute atomic E-state index is 12.8. The largest absolute Gasteiger partial charge is 0.472 e. The van der Waals surface area contributed by atoms with Crippen molar-refractivity contribution in [1.82, 2.24) is 0 Å². The standard InChI is InChI=1S/C49H85O12P/c1-3-5-7-9-11-13-15-17-19-20-21-22-23-25-27-29-31-33-35-37-39-58-40-42(41-59-62(56,57)61-49-47(54)45(52)44(51)46(53)48(49)55)60-43(50)38-36-34-32-30-28-26-24-18-16-14-12-10-8-6-4-2/h6,8,11-14,17-19,24,28,30,42,44-49,51-55H,3-5,7,9-10,15-16,20-23,25-27,29,31-41H2,1-2H3,(H,56,57)/b8-6-,13-11-,14-12-,19-17-,24-18-,30-28-. The van der Waals surface area contributed by atoms with Crippen LogP contribution in [0.5, 0.6) is 0 Å². The lowest BCUT2D eigenvalue weighted by Crippen LogP contribution is -2.64. The summed E-state index contributed by atoms with van der Waals surface area (Å²) in [4.78, 5) is 23.1. The fraction of sp³-hybridized carbons (Fsp3) is 0.735. The van der Waals surface area contributed by atoms with Gasteiger partial charge in [0.25, 0.3) is 0 Å². The van der Waals surface area contributed by atoms with Crippen molar-refractivity contribution >= 4 is 13.8 Å². The second kappa shape index (κ2) is 39.2. The van der Waals surface area contributed by atoms with Crippen LogP contribution in [-0.4, -0.2) is 98.9 Å². The Kier molecular flexibility index (Phi) is 36.5. The van der Waals surface area contributed by atoms with E-state index in [0.717, 1.165) is 77.0 Å². The molecule has 0 aromatic heterocycles. The van der Waals surface area contributed by atoms with Gasteiger partial charge in [0, 0.05) is 13.0 Å². The summed E-state index contributed by atoms with van der Waals surface area (Å²) in [6, 6.07) is 0. The molecule has 1 fully saturated rings. The van der Waals surface area contributed by atoms with Crippen molar-refractivity contribution in [2.75, 3.05) is 19.8 Å². The normalized spacial score (nSPS) is 22.6. The van der Waals surface area contributed by atoms with Gasteiger partial charge in [-0.25, -0.2) is 4.57 Å². The molecular formula is C49H85O12P. The topological polar surface area (TPSA) is 192 Å². The monoisotopic (exact) mass is 897 g/mol. The van der Waals surface area contributed by atoms with Gasteiger partial charge in [-0.3, -0.25) is 13.8 Å². The van der Waals surface area contributed by atoms with E-state index in [2.05, 4.69) is 86.8 Å². The van der Waals surface area contributed by atoms with E-state index in [0.29, 0.717) is 13.0 Å². The van der Waals surface area contributed by atoms with Gasteiger partial charge < -0.3 is 39.9 Å². The van der Waals surface area contributed by atoms with E-state index in [1.807, 2.05) is 0 Å². The molecule has 6 unspecified atom stereocenters. The van der Waals surface area contributed by atoms with Crippen molar-refractivity contribution in [3.05, 3.63) is 72.9 Å². The highest BCUT2D eigenvalue weighted by molar-refractivity contribution is 7.47. The maximum Gasteiger partial charge on any atom is 0.472 e. The van der Waals surface area contributed by atoms with Crippen LogP contribution in [0.1, 0.15) is 168 Å². The molecule has 13 heteroatoms. The number of hydrogen-bond acceptors (Lipinski definition) is 11. The van der Waals surface area contributed by atoms with Crippen LogP contribution in [0, 0.1) is 0 Å². The zero-order valence-corrected chi connectivity index (χ0v) is 39.0. The van der Waals surface area contributed by atoms with Crippen molar-refractivity contribution in [3.63, 3.8) is 0 Å². The molecule has 1 saturated carbocycles. The summed E-state index contributed by atoms with van der Waals surface area (Å²) in [7, 11) is -5.03. The van der Waals surface area contributed by atoms with Gasteiger partial charge >= 0.3 is 13.8 Å². The van der Waals surface area contributed by atoms with E-state index < -0.39 is 63.1 Å². The second-order valence-corrected chi connectivity index (χ2v) is 17.6. The first-order valence-electron chi connectivity index (χ1n) is 23.8. The molecule has 0 heterocycles. The number of phosphoric ester groups is 1. The lowest BCUT2D eigenvalue weighted by Gasteiger charge is -2.41. The molecule has 0 aromatic rings. The third-order valence-electron chi connectivity index (χ3n) is 10.6. The zero-order valence-electron chi connectivity index (χ0n) is 38.1. The predicted octanol–water partition coefficient (Wildman–Crippen LogP) is 9.97. The summed E-state index contributed by atoms with van der Waals surface area (Å²) in [6.07, 6.45) is 38.3. The minimum absolute atomic E-state index is 0.0993. The highest BCUT2D eigenvalue weighted by Gasteiger charge is 2.51. The van der Waals surface area contributed by atoms with Crippen molar-refractivity contribution in [2.24, 2.45) is 0 Å². The van der Waals surface area contributed by atoms with Crippen LogP contribution in [0.2, 0.25) is 0 Å². The molecule has 0 amide bonds. The van der Waals surface area contributed by atoms with E-state index in [-0.39, 0.29) is 13.0 Å². The van der Waals surface area contributed by atoms with E-state index in [1.54, 1.807) is 0 Å². The molecule has 12 nitrogen and oxygen atoms in total. The summed E-state index contributed by atoms with van der Waals surface area (Å²) in [6.45, 7) is 4.06. The molecule has 0 radical (unpaired) electrons. The Labute approximate surface area is 374 Å². The van der Waals surface area contributed by atoms with Gasteiger partial charge in [-0.15, -0.1) is 0 Å². The van der Waals surface area contributed by atoms with Gasteiger partial charge in [0.15, 0.2) is 0 Å². The quantitative estimate of drug-likeness (QED) is 0.0148. The molecule has 6 N–H and O–H groups in total. The van der Waals surface area contributed by atoms with E-state index in [4.69, 9.17) is 18.5 Å². The number of aliphatic hydroxyl groups excluding tert-OH is 5. The predicted molar refractivity (Wildman–Crippen MR) is 248 cm³/mol. The van der Waals surface area contributed by atoms with Gasteiger partial charge in [0.1, 0.15) is 42.7 Å². The highest BCUT2D eigenvalue weighted by Crippen LogP contribution is 2.47. The number of rotatable bonds is 39. The summed E-state index contributed by atoms with van der Waals surface area (Å²) in [5, 5.41) is 50.2. The van der Waals surface area contributed by atoms with Gasteiger partial charge in [-0.1, -0.05) is 151 Å². The zero-order chi connectivity index (χ0) is 45.5. The number of allylic oxidation sites excluding steroid dienone is 12. The number of unbranched alkanes of at least 4 members (excludes halogenated alkanes) is 15. The number of hydrogen-bond donors (Lipinski definition) is 6. The molecular weight excluding hydrogens is 812 g/mol. The lowest BCUT2D eigenvalue weighted by molar-refractivity contribution is -0.220. The summed E-state index contributed by atoms with van der Waals surface area (Å²) in [5.74, 6) is -0.521. The van der Waals surface area contributed by atoms with Crippen LogP contribution in [-0.2, 0) is 27.9 Å². The molecule has 6 atom stereocenters. The SMILES string of the molecule is CC/C=C\C/C=C\C/C=C\C/C=C\CCCCC(=O)OC(COCCCCCCCCCCCC/C=C\C/C=C\CCCCC)COP(=O)(O)OC1C(O)C(O)C(O)C(O)C1O. The third-order valence-corrected chi connectivity index (χ3v) is 11.5. The van der Waals surface area contributed by atoms with Crippen LogP contribution >= 0.6 is 7.82 Å². The maximum atomic E-state index is 12.8. The van der Waals surface area contributed by atoms with Crippen LogP contribution < -0.4 is 0 Å². The summed E-state index contributed by atoms with van der Waals surface area (Å²) in [5.41, 5.74) is 0. The smallest absolute Gasteiger partial charge is 0.457 e. The third kappa shape index (κ3) is 30.8. The molecule has 0 aliphatic heterocycles.